The van der Waals surface area contributed by atoms with Crippen LogP contribution in [0.5, 0.6) is 0 Å². The highest BCUT2D eigenvalue weighted by Crippen LogP contribution is 2.24. The first kappa shape index (κ1) is 21.9. The van der Waals surface area contributed by atoms with E-state index in [2.05, 4.69) is 30.6 Å². The average Bonchev–Trinajstić information content (AvgIpc) is 3.20. The molecule has 0 aliphatic heterocycles. The summed E-state index contributed by atoms with van der Waals surface area (Å²) < 4.78 is 1.65. The van der Waals surface area contributed by atoms with E-state index in [1.807, 2.05) is 44.2 Å². The number of carbonyl (C=O) groups is 1. The molecule has 0 atom stereocenters. The quantitative estimate of drug-likeness (QED) is 0.326. The van der Waals surface area contributed by atoms with Gasteiger partial charge in [-0.25, -0.2) is 14.6 Å². The fourth-order valence-electron chi connectivity index (χ4n) is 3.05. The van der Waals surface area contributed by atoms with E-state index in [9.17, 15) is 4.79 Å². The van der Waals surface area contributed by atoms with Crippen molar-refractivity contribution in [1.82, 2.24) is 35.3 Å². The third-order valence-electron chi connectivity index (χ3n) is 4.55. The lowest BCUT2D eigenvalue weighted by atomic mass is 10.2. The number of pyridine rings is 1. The van der Waals surface area contributed by atoms with Crippen molar-refractivity contribution in [3.63, 3.8) is 0 Å². The first-order valence-electron chi connectivity index (χ1n) is 9.82. The lowest BCUT2D eigenvalue weighted by Gasteiger charge is -2.09. The van der Waals surface area contributed by atoms with Gasteiger partial charge in [-0.1, -0.05) is 28.6 Å². The standard InChI is InChI=1S/C22H20ClN7OS/c1-14-11-15(2)27-22(26-14)32-13-19-20(21(31)25-12-16-7-9-24-10-8-16)28-29-30(19)18-5-3-17(23)4-6-18/h3-11H,12-13H2,1-2H3,(H,25,31). The zero-order chi connectivity index (χ0) is 22.5. The number of carbonyl (C=O) groups excluding carboxylic acids is 1. The van der Waals surface area contributed by atoms with Crippen LogP contribution in [0.4, 0.5) is 0 Å². The van der Waals surface area contributed by atoms with Crippen molar-refractivity contribution in [3.8, 4) is 5.69 Å². The summed E-state index contributed by atoms with van der Waals surface area (Å²) in [7, 11) is 0. The van der Waals surface area contributed by atoms with Gasteiger partial charge in [0.05, 0.1) is 11.4 Å². The SMILES string of the molecule is Cc1cc(C)nc(SCc2c(C(=O)NCc3ccncc3)nnn2-c2ccc(Cl)cc2)n1. The number of benzene rings is 1. The molecule has 0 spiro atoms. The Morgan fingerprint density at radius 2 is 1.75 bits per heavy atom. The number of amides is 1. The van der Waals surface area contributed by atoms with Gasteiger partial charge in [0.25, 0.3) is 5.91 Å². The molecule has 1 aromatic carbocycles. The zero-order valence-corrected chi connectivity index (χ0v) is 19.1. The topological polar surface area (TPSA) is 98.5 Å². The number of nitrogens with one attached hydrogen (secondary N) is 1. The van der Waals surface area contributed by atoms with Crippen LogP contribution in [-0.2, 0) is 12.3 Å². The molecule has 0 unspecified atom stereocenters. The normalized spacial score (nSPS) is 10.8. The second kappa shape index (κ2) is 9.88. The predicted octanol–water partition coefficient (Wildman–Crippen LogP) is 3.94. The molecule has 1 amide bonds. The Balaban J connectivity index is 1.61. The summed E-state index contributed by atoms with van der Waals surface area (Å²) in [6.45, 7) is 4.22. The fourth-order valence-corrected chi connectivity index (χ4v) is 4.12. The van der Waals surface area contributed by atoms with Crippen molar-refractivity contribution in [2.75, 3.05) is 0 Å². The molecule has 0 bridgehead atoms. The van der Waals surface area contributed by atoms with Crippen LogP contribution in [0.2, 0.25) is 5.02 Å². The summed E-state index contributed by atoms with van der Waals surface area (Å²) in [5.74, 6) is 0.107. The molecule has 10 heteroatoms. The molecule has 0 fully saturated rings. The number of hydrogen-bond acceptors (Lipinski definition) is 7. The largest absolute Gasteiger partial charge is 0.347 e. The van der Waals surface area contributed by atoms with Crippen LogP contribution in [0.25, 0.3) is 5.69 Å². The number of halogens is 1. The third-order valence-corrected chi connectivity index (χ3v) is 5.66. The number of nitrogens with zero attached hydrogens (tertiary/aromatic N) is 6. The van der Waals surface area contributed by atoms with Gasteiger partial charge in [0, 0.05) is 41.1 Å². The summed E-state index contributed by atoms with van der Waals surface area (Å²) in [5, 5.41) is 12.6. The van der Waals surface area contributed by atoms with Crippen LogP contribution < -0.4 is 5.32 Å². The summed E-state index contributed by atoms with van der Waals surface area (Å²) in [4.78, 5) is 25.9. The molecule has 4 aromatic rings. The number of hydrogen-bond donors (Lipinski definition) is 1. The van der Waals surface area contributed by atoms with Gasteiger partial charge in [-0.3, -0.25) is 9.78 Å². The predicted molar refractivity (Wildman–Crippen MR) is 123 cm³/mol. The van der Waals surface area contributed by atoms with Gasteiger partial charge in [-0.15, -0.1) is 5.10 Å². The maximum absolute atomic E-state index is 13.0. The summed E-state index contributed by atoms with van der Waals surface area (Å²) >= 11 is 7.46. The maximum atomic E-state index is 13.0. The molecule has 3 heterocycles. The van der Waals surface area contributed by atoms with Crippen molar-refractivity contribution < 1.29 is 4.79 Å². The first-order chi connectivity index (χ1) is 15.5. The van der Waals surface area contributed by atoms with Gasteiger partial charge in [0.1, 0.15) is 0 Å². The molecule has 32 heavy (non-hydrogen) atoms. The van der Waals surface area contributed by atoms with Gasteiger partial charge in [0.2, 0.25) is 0 Å². The summed E-state index contributed by atoms with van der Waals surface area (Å²) in [5.41, 5.74) is 4.38. The molecular formula is C22H20ClN7OS. The molecule has 0 radical (unpaired) electrons. The van der Waals surface area contributed by atoms with Gasteiger partial charge in [-0.05, 0) is 61.9 Å². The smallest absolute Gasteiger partial charge is 0.274 e. The van der Waals surface area contributed by atoms with Gasteiger partial charge >= 0.3 is 0 Å². The first-order valence-corrected chi connectivity index (χ1v) is 11.2. The van der Waals surface area contributed by atoms with E-state index in [0.717, 1.165) is 22.6 Å². The maximum Gasteiger partial charge on any atom is 0.274 e. The van der Waals surface area contributed by atoms with Crippen molar-refractivity contribution in [1.29, 1.82) is 0 Å². The highest BCUT2D eigenvalue weighted by atomic mass is 35.5. The Hall–Kier alpha value is -3.30. The zero-order valence-electron chi connectivity index (χ0n) is 17.5. The van der Waals surface area contributed by atoms with Gasteiger partial charge < -0.3 is 5.32 Å². The second-order valence-electron chi connectivity index (χ2n) is 7.03. The number of rotatable bonds is 7. The van der Waals surface area contributed by atoms with Crippen LogP contribution in [0, 0.1) is 13.8 Å². The Morgan fingerprint density at radius 1 is 1.06 bits per heavy atom. The Morgan fingerprint density at radius 3 is 2.44 bits per heavy atom. The molecule has 4 rings (SSSR count). The minimum Gasteiger partial charge on any atom is -0.347 e. The van der Waals surface area contributed by atoms with Crippen LogP contribution in [0.15, 0.2) is 60.0 Å². The Kier molecular flexibility index (Phi) is 6.77. The molecular weight excluding hydrogens is 446 g/mol. The molecule has 0 saturated heterocycles. The molecule has 162 valence electrons. The number of thioether (sulfide) groups is 1. The van der Waals surface area contributed by atoms with Crippen molar-refractivity contribution in [2.24, 2.45) is 0 Å². The van der Waals surface area contributed by atoms with Crippen LogP contribution in [0.3, 0.4) is 0 Å². The van der Waals surface area contributed by atoms with Crippen LogP contribution in [0.1, 0.15) is 33.1 Å². The van der Waals surface area contributed by atoms with E-state index in [-0.39, 0.29) is 11.6 Å². The third kappa shape index (κ3) is 5.30. The molecule has 0 aliphatic carbocycles. The molecule has 0 aliphatic rings. The van der Waals surface area contributed by atoms with Crippen LogP contribution >= 0.6 is 23.4 Å². The molecule has 0 saturated carbocycles. The number of aromatic nitrogens is 6. The fraction of sp³-hybridized carbons (Fsp3) is 0.182. The molecule has 8 nitrogen and oxygen atoms in total. The van der Waals surface area contributed by atoms with E-state index in [0.29, 0.717) is 28.2 Å². The average molecular weight is 466 g/mol. The minimum absolute atomic E-state index is 0.255. The van der Waals surface area contributed by atoms with Crippen molar-refractivity contribution in [2.45, 2.75) is 31.3 Å². The lowest BCUT2D eigenvalue weighted by molar-refractivity contribution is 0.0945. The Labute approximate surface area is 194 Å². The minimum atomic E-state index is -0.307. The van der Waals surface area contributed by atoms with E-state index < -0.39 is 0 Å². The lowest BCUT2D eigenvalue weighted by Crippen LogP contribution is -2.24. The van der Waals surface area contributed by atoms with Crippen molar-refractivity contribution in [3.05, 3.63) is 88.2 Å². The monoisotopic (exact) mass is 465 g/mol. The van der Waals surface area contributed by atoms with Crippen LogP contribution in [-0.4, -0.2) is 35.9 Å². The van der Waals surface area contributed by atoms with E-state index in [4.69, 9.17) is 11.6 Å². The summed E-state index contributed by atoms with van der Waals surface area (Å²) in [6, 6.07) is 12.8. The molecule has 1 N–H and O–H groups in total. The molecule has 3 aromatic heterocycles. The highest BCUT2D eigenvalue weighted by Gasteiger charge is 2.21. The second-order valence-corrected chi connectivity index (χ2v) is 8.41. The van der Waals surface area contributed by atoms with E-state index in [1.54, 1.807) is 29.2 Å². The highest BCUT2D eigenvalue weighted by molar-refractivity contribution is 7.98. The van der Waals surface area contributed by atoms with Gasteiger partial charge in [-0.2, -0.15) is 0 Å². The number of aryl methyl sites for hydroxylation is 2. The van der Waals surface area contributed by atoms with Gasteiger partial charge in [0.15, 0.2) is 10.9 Å². The Bertz CT molecular complexity index is 1210. The summed E-state index contributed by atoms with van der Waals surface area (Å²) in [6.07, 6.45) is 3.37. The van der Waals surface area contributed by atoms with E-state index >= 15 is 0 Å². The van der Waals surface area contributed by atoms with Crippen molar-refractivity contribution >= 4 is 29.3 Å². The van der Waals surface area contributed by atoms with E-state index in [1.165, 1.54) is 11.8 Å².